The summed E-state index contributed by atoms with van der Waals surface area (Å²) in [5.74, 6) is 1.37. The van der Waals surface area contributed by atoms with Crippen molar-refractivity contribution >= 4 is 5.69 Å². The van der Waals surface area contributed by atoms with E-state index >= 15 is 0 Å². The van der Waals surface area contributed by atoms with Crippen LogP contribution in [0.2, 0.25) is 0 Å². The van der Waals surface area contributed by atoms with Crippen LogP contribution in [0.4, 0.5) is 5.69 Å². The summed E-state index contributed by atoms with van der Waals surface area (Å²) < 4.78 is 10.7. The highest BCUT2D eigenvalue weighted by molar-refractivity contribution is 5.61. The van der Waals surface area contributed by atoms with Crippen molar-refractivity contribution in [3.8, 4) is 28.6 Å². The molecule has 0 unspecified atom stereocenters. The molecule has 3 aromatic rings. The van der Waals surface area contributed by atoms with Crippen molar-refractivity contribution in [2.45, 2.75) is 0 Å². The third-order valence-electron chi connectivity index (χ3n) is 3.21. The quantitative estimate of drug-likeness (QED) is 0.388. The van der Waals surface area contributed by atoms with Crippen LogP contribution in [0.25, 0.3) is 22.8 Å². The first-order chi connectivity index (χ1) is 11.7. The van der Waals surface area contributed by atoms with Gasteiger partial charge in [-0.2, -0.15) is 4.98 Å². The normalized spacial score (nSPS) is 10.3. The molecule has 0 bridgehead atoms. The predicted molar refractivity (Wildman–Crippen MR) is 87.5 cm³/mol. The lowest BCUT2D eigenvalue weighted by molar-refractivity contribution is -0.384. The van der Waals surface area contributed by atoms with Gasteiger partial charge in [-0.15, -0.1) is 0 Å². The van der Waals surface area contributed by atoms with Gasteiger partial charge in [0.25, 0.3) is 11.6 Å². The maximum atomic E-state index is 10.7. The molecule has 7 heteroatoms. The van der Waals surface area contributed by atoms with Crippen LogP contribution in [0, 0.1) is 10.1 Å². The van der Waals surface area contributed by atoms with Gasteiger partial charge in [0.05, 0.1) is 4.92 Å². The summed E-state index contributed by atoms with van der Waals surface area (Å²) in [4.78, 5) is 14.5. The number of hydrogen-bond acceptors (Lipinski definition) is 6. The Balaban J connectivity index is 1.85. The lowest BCUT2D eigenvalue weighted by Gasteiger charge is -2.03. The van der Waals surface area contributed by atoms with Crippen molar-refractivity contribution in [3.05, 3.63) is 71.3 Å². The average Bonchev–Trinajstić information content (AvgIpc) is 3.10. The van der Waals surface area contributed by atoms with E-state index in [9.17, 15) is 10.1 Å². The van der Waals surface area contributed by atoms with E-state index in [4.69, 9.17) is 9.26 Å². The molecule has 1 aromatic heterocycles. The van der Waals surface area contributed by atoms with Gasteiger partial charge >= 0.3 is 0 Å². The van der Waals surface area contributed by atoms with Gasteiger partial charge in [0.15, 0.2) is 0 Å². The molecule has 2 aromatic carbocycles. The van der Waals surface area contributed by atoms with Gasteiger partial charge in [-0.05, 0) is 30.3 Å². The number of benzene rings is 2. The van der Waals surface area contributed by atoms with Gasteiger partial charge in [0.1, 0.15) is 12.4 Å². The zero-order valence-electron chi connectivity index (χ0n) is 12.6. The van der Waals surface area contributed by atoms with E-state index in [-0.39, 0.29) is 5.69 Å². The summed E-state index contributed by atoms with van der Waals surface area (Å²) in [6, 6.07) is 13.2. The fourth-order valence-corrected chi connectivity index (χ4v) is 2.06. The zero-order valence-corrected chi connectivity index (χ0v) is 12.6. The fourth-order valence-electron chi connectivity index (χ4n) is 2.06. The van der Waals surface area contributed by atoms with Crippen LogP contribution in [0.3, 0.4) is 0 Å². The van der Waals surface area contributed by atoms with E-state index in [2.05, 4.69) is 16.7 Å². The number of non-ortho nitro benzene ring substituents is 1. The predicted octanol–water partition coefficient (Wildman–Crippen LogP) is 3.88. The molecule has 0 saturated carbocycles. The minimum Gasteiger partial charge on any atom is -0.490 e. The van der Waals surface area contributed by atoms with Crippen molar-refractivity contribution in [2.75, 3.05) is 6.61 Å². The molecule has 7 nitrogen and oxygen atoms in total. The van der Waals surface area contributed by atoms with E-state index < -0.39 is 4.92 Å². The molecular weight excluding hydrogens is 310 g/mol. The summed E-state index contributed by atoms with van der Waals surface area (Å²) >= 11 is 0. The maximum absolute atomic E-state index is 10.7. The van der Waals surface area contributed by atoms with Crippen molar-refractivity contribution in [1.82, 2.24) is 10.1 Å². The first-order valence-corrected chi connectivity index (χ1v) is 7.10. The first kappa shape index (κ1) is 15.4. The molecule has 0 spiro atoms. The highest BCUT2D eigenvalue weighted by atomic mass is 16.6. The Morgan fingerprint density at radius 2 is 2.00 bits per heavy atom. The molecule has 0 fully saturated rings. The Labute approximate surface area is 137 Å². The molecule has 1 heterocycles. The van der Waals surface area contributed by atoms with Gasteiger partial charge in [-0.1, -0.05) is 23.9 Å². The largest absolute Gasteiger partial charge is 0.490 e. The maximum Gasteiger partial charge on any atom is 0.269 e. The van der Waals surface area contributed by atoms with Crippen LogP contribution in [-0.2, 0) is 0 Å². The Morgan fingerprint density at radius 1 is 1.21 bits per heavy atom. The van der Waals surface area contributed by atoms with Gasteiger partial charge in [0, 0.05) is 23.3 Å². The lowest BCUT2D eigenvalue weighted by atomic mass is 10.2. The first-order valence-electron chi connectivity index (χ1n) is 7.10. The van der Waals surface area contributed by atoms with Crippen LogP contribution in [0.5, 0.6) is 5.75 Å². The monoisotopic (exact) mass is 323 g/mol. The molecule has 0 aliphatic carbocycles. The fraction of sp³-hybridized carbons (Fsp3) is 0.0588. The zero-order chi connectivity index (χ0) is 16.9. The highest BCUT2D eigenvalue weighted by Gasteiger charge is 2.12. The van der Waals surface area contributed by atoms with Crippen LogP contribution >= 0.6 is 0 Å². The van der Waals surface area contributed by atoms with E-state index in [1.54, 1.807) is 24.3 Å². The van der Waals surface area contributed by atoms with E-state index in [0.29, 0.717) is 29.6 Å². The minimum absolute atomic E-state index is 0.00883. The summed E-state index contributed by atoms with van der Waals surface area (Å²) in [5.41, 5.74) is 1.36. The standard InChI is InChI=1S/C17H13N3O4/c1-2-10-23-15-5-3-4-13(11-15)17-18-16(19-24-17)12-6-8-14(9-7-12)20(21)22/h2-9,11H,1,10H2. The van der Waals surface area contributed by atoms with E-state index in [0.717, 1.165) is 5.56 Å². The summed E-state index contributed by atoms with van der Waals surface area (Å²) in [6.45, 7) is 4.01. The molecule has 24 heavy (non-hydrogen) atoms. The number of hydrogen-bond donors (Lipinski definition) is 0. The van der Waals surface area contributed by atoms with Gasteiger partial charge in [-0.25, -0.2) is 0 Å². The van der Waals surface area contributed by atoms with Gasteiger partial charge in [-0.3, -0.25) is 10.1 Å². The van der Waals surface area contributed by atoms with Crippen molar-refractivity contribution < 1.29 is 14.2 Å². The highest BCUT2D eigenvalue weighted by Crippen LogP contribution is 2.26. The molecule has 0 atom stereocenters. The van der Waals surface area contributed by atoms with Gasteiger partial charge < -0.3 is 9.26 Å². The van der Waals surface area contributed by atoms with Gasteiger partial charge in [0.2, 0.25) is 5.82 Å². The Hall–Kier alpha value is -3.48. The molecule has 3 rings (SSSR count). The summed E-state index contributed by atoms with van der Waals surface area (Å²) in [7, 11) is 0. The van der Waals surface area contributed by atoms with Crippen LogP contribution in [-0.4, -0.2) is 21.7 Å². The van der Waals surface area contributed by atoms with E-state index in [1.807, 2.05) is 18.2 Å². The topological polar surface area (TPSA) is 91.3 Å². The summed E-state index contributed by atoms with van der Waals surface area (Å²) in [5, 5.41) is 14.6. The number of nitrogens with zero attached hydrogens (tertiary/aromatic N) is 3. The molecule has 0 N–H and O–H groups in total. The molecule has 0 saturated heterocycles. The van der Waals surface area contributed by atoms with Crippen LogP contribution < -0.4 is 4.74 Å². The van der Waals surface area contributed by atoms with Crippen LogP contribution in [0.1, 0.15) is 0 Å². The third kappa shape index (κ3) is 3.30. The molecular formula is C17H13N3O4. The van der Waals surface area contributed by atoms with Crippen molar-refractivity contribution in [2.24, 2.45) is 0 Å². The number of rotatable bonds is 6. The van der Waals surface area contributed by atoms with Crippen molar-refractivity contribution in [1.29, 1.82) is 0 Å². The summed E-state index contributed by atoms with van der Waals surface area (Å²) in [6.07, 6.45) is 1.66. The van der Waals surface area contributed by atoms with Crippen molar-refractivity contribution in [3.63, 3.8) is 0 Å². The number of nitro groups is 1. The van der Waals surface area contributed by atoms with Crippen LogP contribution in [0.15, 0.2) is 65.7 Å². The second-order valence-electron chi connectivity index (χ2n) is 4.85. The molecule has 0 radical (unpaired) electrons. The second kappa shape index (κ2) is 6.74. The Morgan fingerprint density at radius 3 is 2.71 bits per heavy atom. The molecule has 0 aliphatic heterocycles. The Bertz CT molecular complexity index is 872. The smallest absolute Gasteiger partial charge is 0.269 e. The Kier molecular flexibility index (Phi) is 4.33. The number of aromatic nitrogens is 2. The lowest BCUT2D eigenvalue weighted by Crippen LogP contribution is -1.92. The molecule has 120 valence electrons. The van der Waals surface area contributed by atoms with E-state index in [1.165, 1.54) is 12.1 Å². The number of ether oxygens (including phenoxy) is 1. The molecule has 0 aliphatic rings. The average molecular weight is 323 g/mol. The SMILES string of the molecule is C=CCOc1cccc(-c2nc(-c3ccc([N+](=O)[O-])cc3)no2)c1. The minimum atomic E-state index is -0.458. The third-order valence-corrected chi connectivity index (χ3v) is 3.21. The second-order valence-corrected chi connectivity index (χ2v) is 4.85. The molecule has 0 amide bonds. The number of nitro benzene ring substituents is 1.